The van der Waals surface area contributed by atoms with Crippen LogP contribution in [0.25, 0.3) is 0 Å². The van der Waals surface area contributed by atoms with Gasteiger partial charge in [-0.1, -0.05) is 57.5 Å². The Hall–Kier alpha value is -1.65. The zero-order valence-electron chi connectivity index (χ0n) is 15.3. The first-order chi connectivity index (χ1) is 12.5. The molecule has 0 heterocycles. The van der Waals surface area contributed by atoms with Crippen LogP contribution in [0.2, 0.25) is 0 Å². The standard InChI is InChI=1S/C22H26BrNO2/c1-15-5-3-4-6-21(15)22(16(2)24-26,17-7-11-19(23)12-8-17)18-9-13-20(25)14-10-18/h3-8,11-12,18,20,25-26H,9-10,13-14H2,1-2H3/b24-16-. The maximum atomic E-state index is 10.0. The lowest BCUT2D eigenvalue weighted by Crippen LogP contribution is -2.45. The van der Waals surface area contributed by atoms with Crippen LogP contribution in [0.4, 0.5) is 0 Å². The van der Waals surface area contributed by atoms with Crippen LogP contribution in [0, 0.1) is 12.8 Å². The number of aryl methyl sites for hydroxylation is 1. The van der Waals surface area contributed by atoms with Crippen LogP contribution < -0.4 is 0 Å². The minimum atomic E-state index is -0.499. The maximum Gasteiger partial charge on any atom is 0.0692 e. The lowest BCUT2D eigenvalue weighted by molar-refractivity contribution is 0.0979. The predicted octanol–water partition coefficient (Wildman–Crippen LogP) is 5.44. The molecule has 1 saturated carbocycles. The Kier molecular flexibility index (Phi) is 5.83. The molecule has 3 rings (SSSR count). The fourth-order valence-electron chi connectivity index (χ4n) is 4.63. The quantitative estimate of drug-likeness (QED) is 0.396. The van der Waals surface area contributed by atoms with Crippen LogP contribution in [0.5, 0.6) is 0 Å². The van der Waals surface area contributed by atoms with E-state index in [1.165, 1.54) is 11.1 Å². The van der Waals surface area contributed by atoms with Crippen molar-refractivity contribution in [2.75, 3.05) is 0 Å². The first kappa shape index (κ1) is 19.1. The lowest BCUT2D eigenvalue weighted by atomic mass is 9.58. The van der Waals surface area contributed by atoms with Crippen LogP contribution in [-0.2, 0) is 5.41 Å². The zero-order valence-corrected chi connectivity index (χ0v) is 16.9. The minimum Gasteiger partial charge on any atom is -0.411 e. The van der Waals surface area contributed by atoms with E-state index in [4.69, 9.17) is 0 Å². The molecule has 0 aliphatic heterocycles. The molecule has 1 aliphatic rings. The van der Waals surface area contributed by atoms with E-state index in [1.54, 1.807) is 0 Å². The number of hydrogen-bond donors (Lipinski definition) is 2. The SMILES string of the molecule is C/C(=N/O)C(c1ccc(Br)cc1)(c1ccccc1C)C1CCC(O)CC1. The van der Waals surface area contributed by atoms with Gasteiger partial charge >= 0.3 is 0 Å². The molecule has 138 valence electrons. The first-order valence-electron chi connectivity index (χ1n) is 9.19. The Bertz CT molecular complexity index is 779. The Balaban J connectivity index is 2.28. The molecule has 0 saturated heterocycles. The molecule has 3 nitrogen and oxygen atoms in total. The summed E-state index contributed by atoms with van der Waals surface area (Å²) >= 11 is 3.53. The molecule has 1 aliphatic carbocycles. The van der Waals surface area contributed by atoms with Gasteiger partial charge < -0.3 is 10.3 Å². The molecule has 4 heteroatoms. The number of halogens is 1. The summed E-state index contributed by atoms with van der Waals surface area (Å²) in [5.41, 5.74) is 3.70. The molecule has 2 aromatic carbocycles. The summed E-state index contributed by atoms with van der Waals surface area (Å²) in [6, 6.07) is 16.7. The van der Waals surface area contributed by atoms with Crippen molar-refractivity contribution in [3.63, 3.8) is 0 Å². The fraction of sp³-hybridized carbons (Fsp3) is 0.409. The summed E-state index contributed by atoms with van der Waals surface area (Å²) in [6.45, 7) is 4.03. The summed E-state index contributed by atoms with van der Waals surface area (Å²) in [4.78, 5) is 0. The highest BCUT2D eigenvalue weighted by atomic mass is 79.9. The molecule has 2 N–H and O–H groups in total. The molecular formula is C22H26BrNO2. The maximum absolute atomic E-state index is 10.0. The predicted molar refractivity (Wildman–Crippen MR) is 109 cm³/mol. The van der Waals surface area contributed by atoms with Crippen molar-refractivity contribution in [1.29, 1.82) is 0 Å². The number of rotatable bonds is 4. The highest BCUT2D eigenvalue weighted by Crippen LogP contribution is 2.48. The summed E-state index contributed by atoms with van der Waals surface area (Å²) in [6.07, 6.45) is 3.15. The fourth-order valence-corrected chi connectivity index (χ4v) is 4.89. The van der Waals surface area contributed by atoms with Gasteiger partial charge in [0.15, 0.2) is 0 Å². The van der Waals surface area contributed by atoms with Gasteiger partial charge in [0.1, 0.15) is 0 Å². The zero-order chi connectivity index (χ0) is 18.7. The van der Waals surface area contributed by atoms with E-state index in [9.17, 15) is 10.3 Å². The van der Waals surface area contributed by atoms with Crippen LogP contribution in [0.3, 0.4) is 0 Å². The number of hydrogen-bond acceptors (Lipinski definition) is 3. The number of oxime groups is 1. The molecule has 0 radical (unpaired) electrons. The Morgan fingerprint density at radius 1 is 1.04 bits per heavy atom. The summed E-state index contributed by atoms with van der Waals surface area (Å²) in [5, 5.41) is 23.6. The Morgan fingerprint density at radius 3 is 2.23 bits per heavy atom. The topological polar surface area (TPSA) is 52.8 Å². The number of aliphatic hydroxyl groups is 1. The number of benzene rings is 2. The van der Waals surface area contributed by atoms with E-state index in [0.29, 0.717) is 5.71 Å². The van der Waals surface area contributed by atoms with Crippen LogP contribution in [-0.4, -0.2) is 22.1 Å². The largest absolute Gasteiger partial charge is 0.411 e. The van der Waals surface area contributed by atoms with E-state index in [0.717, 1.165) is 35.7 Å². The second-order valence-corrected chi connectivity index (χ2v) is 8.24. The molecule has 26 heavy (non-hydrogen) atoms. The third kappa shape index (κ3) is 3.33. The average molecular weight is 416 g/mol. The molecule has 1 atom stereocenters. The van der Waals surface area contributed by atoms with E-state index < -0.39 is 5.41 Å². The third-order valence-corrected chi connectivity index (χ3v) is 6.43. The van der Waals surface area contributed by atoms with Gasteiger partial charge in [-0.2, -0.15) is 0 Å². The monoisotopic (exact) mass is 415 g/mol. The lowest BCUT2D eigenvalue weighted by Gasteiger charge is -2.45. The van der Waals surface area contributed by atoms with Crippen LogP contribution in [0.1, 0.15) is 49.3 Å². The van der Waals surface area contributed by atoms with E-state index in [-0.39, 0.29) is 12.0 Å². The van der Waals surface area contributed by atoms with Gasteiger partial charge in [-0.05, 0) is 74.3 Å². The smallest absolute Gasteiger partial charge is 0.0692 e. The minimum absolute atomic E-state index is 0.225. The van der Waals surface area contributed by atoms with Crippen molar-refractivity contribution in [2.24, 2.45) is 11.1 Å². The van der Waals surface area contributed by atoms with Crippen molar-refractivity contribution in [3.8, 4) is 0 Å². The van der Waals surface area contributed by atoms with Crippen molar-refractivity contribution in [2.45, 2.75) is 51.0 Å². The molecule has 0 aromatic heterocycles. The van der Waals surface area contributed by atoms with E-state index in [1.807, 2.05) is 25.1 Å². The Labute approximate surface area is 163 Å². The van der Waals surface area contributed by atoms with Crippen LogP contribution in [0.15, 0.2) is 58.2 Å². The Morgan fingerprint density at radius 2 is 1.65 bits per heavy atom. The third-order valence-electron chi connectivity index (χ3n) is 5.90. The van der Waals surface area contributed by atoms with Crippen molar-refractivity contribution < 1.29 is 10.3 Å². The second-order valence-electron chi connectivity index (χ2n) is 7.32. The van der Waals surface area contributed by atoms with Gasteiger partial charge in [-0.25, -0.2) is 0 Å². The van der Waals surface area contributed by atoms with Gasteiger partial charge in [0.25, 0.3) is 0 Å². The second kappa shape index (κ2) is 7.93. The van der Waals surface area contributed by atoms with Crippen LogP contribution >= 0.6 is 15.9 Å². The van der Waals surface area contributed by atoms with Gasteiger partial charge in [-0.15, -0.1) is 0 Å². The highest BCUT2D eigenvalue weighted by Gasteiger charge is 2.46. The molecule has 1 unspecified atom stereocenters. The molecule has 1 fully saturated rings. The van der Waals surface area contributed by atoms with Gasteiger partial charge in [-0.3, -0.25) is 0 Å². The molecule has 2 aromatic rings. The van der Waals surface area contributed by atoms with E-state index in [2.05, 4.69) is 58.3 Å². The van der Waals surface area contributed by atoms with Gasteiger partial charge in [0.2, 0.25) is 0 Å². The van der Waals surface area contributed by atoms with Gasteiger partial charge in [0.05, 0.1) is 17.2 Å². The average Bonchev–Trinajstić information content (AvgIpc) is 2.66. The molecule has 0 bridgehead atoms. The van der Waals surface area contributed by atoms with Crippen molar-refractivity contribution >= 4 is 21.6 Å². The molecular weight excluding hydrogens is 390 g/mol. The number of nitrogens with zero attached hydrogens (tertiary/aromatic N) is 1. The van der Waals surface area contributed by atoms with Crippen molar-refractivity contribution in [3.05, 3.63) is 69.7 Å². The normalized spacial score (nSPS) is 23.5. The summed E-state index contributed by atoms with van der Waals surface area (Å²) in [7, 11) is 0. The highest BCUT2D eigenvalue weighted by molar-refractivity contribution is 9.10. The summed E-state index contributed by atoms with van der Waals surface area (Å²) < 4.78 is 1.03. The van der Waals surface area contributed by atoms with Gasteiger partial charge in [0, 0.05) is 4.47 Å². The molecule has 0 spiro atoms. The number of aliphatic hydroxyl groups excluding tert-OH is 1. The van der Waals surface area contributed by atoms with Crippen molar-refractivity contribution in [1.82, 2.24) is 0 Å². The summed E-state index contributed by atoms with van der Waals surface area (Å²) in [5.74, 6) is 0.268. The van der Waals surface area contributed by atoms with E-state index >= 15 is 0 Å². The first-order valence-corrected chi connectivity index (χ1v) is 9.98. The molecule has 0 amide bonds.